The summed E-state index contributed by atoms with van der Waals surface area (Å²) in [7, 11) is 0. The number of hydrazone groups is 1. The summed E-state index contributed by atoms with van der Waals surface area (Å²) < 4.78 is 0. The molecule has 0 unspecified atom stereocenters. The van der Waals surface area contributed by atoms with Crippen LogP contribution in [0.5, 0.6) is 5.75 Å². The number of benzene rings is 1. The number of amides is 1. The minimum absolute atomic E-state index is 0.174. The van der Waals surface area contributed by atoms with E-state index in [0.29, 0.717) is 21.3 Å². The molecule has 0 atom stereocenters. The van der Waals surface area contributed by atoms with Crippen molar-refractivity contribution in [3.8, 4) is 16.5 Å². The number of hydrogen-bond donors (Lipinski definition) is 2. The molecule has 24 heavy (non-hydrogen) atoms. The fourth-order valence-corrected chi connectivity index (χ4v) is 2.82. The van der Waals surface area contributed by atoms with Gasteiger partial charge < -0.3 is 5.11 Å². The SMILES string of the molecule is Cc1nc(-c2cnccn2)sc1C(=O)NN=Cc1ccc(O)cc1. The van der Waals surface area contributed by atoms with Crippen molar-refractivity contribution in [1.29, 1.82) is 0 Å². The number of aromatic nitrogens is 3. The summed E-state index contributed by atoms with van der Waals surface area (Å²) in [4.78, 5) is 25.2. The molecule has 0 aliphatic carbocycles. The van der Waals surface area contributed by atoms with Crippen molar-refractivity contribution in [2.24, 2.45) is 5.10 Å². The topological polar surface area (TPSA) is 100 Å². The van der Waals surface area contributed by atoms with Gasteiger partial charge in [0.05, 0.1) is 18.1 Å². The Morgan fingerprint density at radius 2 is 2.08 bits per heavy atom. The van der Waals surface area contributed by atoms with Gasteiger partial charge in [0, 0.05) is 12.4 Å². The highest BCUT2D eigenvalue weighted by atomic mass is 32.1. The molecule has 1 aromatic carbocycles. The van der Waals surface area contributed by atoms with Gasteiger partial charge in [0.1, 0.15) is 21.3 Å². The lowest BCUT2D eigenvalue weighted by Crippen LogP contribution is -2.17. The number of phenolic OH excluding ortho intramolecular Hbond substituents is 1. The van der Waals surface area contributed by atoms with Gasteiger partial charge in [0.2, 0.25) is 0 Å². The second-order valence-corrected chi connectivity index (χ2v) is 5.81. The van der Waals surface area contributed by atoms with E-state index in [0.717, 1.165) is 5.56 Å². The Bertz CT molecular complexity index is 875. The molecule has 2 heterocycles. The van der Waals surface area contributed by atoms with Crippen LogP contribution >= 0.6 is 11.3 Å². The number of thiazole rings is 1. The number of nitrogens with one attached hydrogen (secondary N) is 1. The number of aromatic hydroxyl groups is 1. The lowest BCUT2D eigenvalue weighted by atomic mass is 10.2. The lowest BCUT2D eigenvalue weighted by molar-refractivity contribution is 0.0958. The van der Waals surface area contributed by atoms with E-state index in [1.807, 2.05) is 0 Å². The molecule has 0 fully saturated rings. The van der Waals surface area contributed by atoms with Crippen LogP contribution in [0.4, 0.5) is 0 Å². The Balaban J connectivity index is 1.71. The number of carbonyl (C=O) groups is 1. The maximum absolute atomic E-state index is 12.2. The van der Waals surface area contributed by atoms with Crippen molar-refractivity contribution in [3.05, 3.63) is 59.0 Å². The number of phenols is 1. The van der Waals surface area contributed by atoms with Gasteiger partial charge in [-0.25, -0.2) is 10.4 Å². The van der Waals surface area contributed by atoms with Crippen LogP contribution in [0.1, 0.15) is 20.9 Å². The Hall–Kier alpha value is -3.13. The molecule has 3 aromatic rings. The van der Waals surface area contributed by atoms with E-state index in [-0.39, 0.29) is 11.7 Å². The first-order valence-corrected chi connectivity index (χ1v) is 7.81. The summed E-state index contributed by atoms with van der Waals surface area (Å²) in [5.74, 6) is -0.164. The lowest BCUT2D eigenvalue weighted by Gasteiger charge is -1.97. The summed E-state index contributed by atoms with van der Waals surface area (Å²) in [6, 6.07) is 6.47. The predicted octanol–water partition coefficient (Wildman–Crippen LogP) is 2.38. The smallest absolute Gasteiger partial charge is 0.283 e. The van der Waals surface area contributed by atoms with Crippen molar-refractivity contribution in [2.75, 3.05) is 0 Å². The molecule has 0 saturated heterocycles. The molecule has 8 heteroatoms. The minimum Gasteiger partial charge on any atom is -0.508 e. The number of hydrogen-bond acceptors (Lipinski definition) is 7. The molecular weight excluding hydrogens is 326 g/mol. The van der Waals surface area contributed by atoms with Gasteiger partial charge in [0.25, 0.3) is 5.91 Å². The molecule has 0 aliphatic heterocycles. The molecule has 2 aromatic heterocycles. The van der Waals surface area contributed by atoms with Crippen molar-refractivity contribution >= 4 is 23.5 Å². The molecule has 7 nitrogen and oxygen atoms in total. The van der Waals surface area contributed by atoms with Crippen LogP contribution in [0.25, 0.3) is 10.7 Å². The van der Waals surface area contributed by atoms with Gasteiger partial charge >= 0.3 is 0 Å². The normalized spacial score (nSPS) is 10.9. The summed E-state index contributed by atoms with van der Waals surface area (Å²) in [6.45, 7) is 1.76. The fourth-order valence-electron chi connectivity index (χ4n) is 1.90. The quantitative estimate of drug-likeness (QED) is 0.561. The van der Waals surface area contributed by atoms with Crippen molar-refractivity contribution < 1.29 is 9.90 Å². The molecule has 1 amide bonds. The molecule has 2 N–H and O–H groups in total. The van der Waals surface area contributed by atoms with E-state index in [1.165, 1.54) is 17.6 Å². The summed E-state index contributed by atoms with van der Waals surface area (Å²) in [5.41, 5.74) is 4.46. The zero-order valence-corrected chi connectivity index (χ0v) is 13.5. The number of aryl methyl sites for hydroxylation is 1. The number of nitrogens with zero attached hydrogens (tertiary/aromatic N) is 4. The highest BCUT2D eigenvalue weighted by molar-refractivity contribution is 7.17. The van der Waals surface area contributed by atoms with Crippen molar-refractivity contribution in [2.45, 2.75) is 6.92 Å². The summed E-state index contributed by atoms with van der Waals surface area (Å²) in [5, 5.41) is 13.8. The highest BCUT2D eigenvalue weighted by Gasteiger charge is 2.16. The molecule has 0 aliphatic rings. The zero-order valence-electron chi connectivity index (χ0n) is 12.7. The van der Waals surface area contributed by atoms with E-state index in [9.17, 15) is 9.90 Å². The standard InChI is InChI=1S/C16H13N5O2S/c1-10-14(24-16(20-10)13-9-17-6-7-18-13)15(23)21-19-8-11-2-4-12(22)5-3-11/h2-9,22H,1H3,(H,21,23). The van der Waals surface area contributed by atoms with Gasteiger partial charge in [-0.1, -0.05) is 0 Å². The minimum atomic E-state index is -0.338. The van der Waals surface area contributed by atoms with E-state index < -0.39 is 0 Å². The van der Waals surface area contributed by atoms with Crippen LogP contribution in [0, 0.1) is 6.92 Å². The Labute approximate surface area is 141 Å². The molecule has 3 rings (SSSR count). The first-order chi connectivity index (χ1) is 11.6. The molecule has 0 spiro atoms. The van der Waals surface area contributed by atoms with Gasteiger partial charge in [-0.3, -0.25) is 14.8 Å². The molecule has 120 valence electrons. The monoisotopic (exact) mass is 339 g/mol. The molecule has 0 radical (unpaired) electrons. The second-order valence-electron chi connectivity index (χ2n) is 4.81. The number of rotatable bonds is 4. The first kappa shape index (κ1) is 15.8. The van der Waals surface area contributed by atoms with Crippen LogP contribution in [0.2, 0.25) is 0 Å². The Morgan fingerprint density at radius 3 is 2.79 bits per heavy atom. The van der Waals surface area contributed by atoms with Gasteiger partial charge in [-0.2, -0.15) is 5.10 Å². The van der Waals surface area contributed by atoms with Crippen LogP contribution in [0.3, 0.4) is 0 Å². The molecule has 0 saturated carbocycles. The highest BCUT2D eigenvalue weighted by Crippen LogP contribution is 2.25. The maximum Gasteiger partial charge on any atom is 0.283 e. The van der Waals surface area contributed by atoms with Crippen LogP contribution in [-0.4, -0.2) is 32.2 Å². The average molecular weight is 339 g/mol. The van der Waals surface area contributed by atoms with E-state index in [1.54, 1.807) is 49.8 Å². The van der Waals surface area contributed by atoms with Crippen molar-refractivity contribution in [3.63, 3.8) is 0 Å². The van der Waals surface area contributed by atoms with Crippen LogP contribution in [-0.2, 0) is 0 Å². The predicted molar refractivity (Wildman–Crippen MR) is 91.0 cm³/mol. The zero-order chi connectivity index (χ0) is 16.9. The van der Waals surface area contributed by atoms with Crippen molar-refractivity contribution in [1.82, 2.24) is 20.4 Å². The summed E-state index contributed by atoms with van der Waals surface area (Å²) >= 11 is 1.24. The largest absolute Gasteiger partial charge is 0.508 e. The summed E-state index contributed by atoms with van der Waals surface area (Å²) in [6.07, 6.45) is 6.25. The van der Waals surface area contributed by atoms with E-state index >= 15 is 0 Å². The van der Waals surface area contributed by atoms with Gasteiger partial charge in [-0.05, 0) is 36.8 Å². The molecule has 0 bridgehead atoms. The number of carbonyl (C=O) groups excluding carboxylic acids is 1. The molecular formula is C16H13N5O2S. The third-order valence-corrected chi connectivity index (χ3v) is 4.24. The third-order valence-electron chi connectivity index (χ3n) is 3.06. The fraction of sp³-hybridized carbons (Fsp3) is 0.0625. The van der Waals surface area contributed by atoms with E-state index in [2.05, 4.69) is 25.5 Å². The van der Waals surface area contributed by atoms with E-state index in [4.69, 9.17) is 0 Å². The Kier molecular flexibility index (Phi) is 4.57. The average Bonchev–Trinajstić information content (AvgIpc) is 2.99. The first-order valence-electron chi connectivity index (χ1n) is 7.00. The Morgan fingerprint density at radius 1 is 1.29 bits per heavy atom. The third kappa shape index (κ3) is 3.61. The van der Waals surface area contributed by atoms with Gasteiger partial charge in [-0.15, -0.1) is 11.3 Å². The second kappa shape index (κ2) is 6.97. The van der Waals surface area contributed by atoms with Gasteiger partial charge in [0.15, 0.2) is 0 Å². The van der Waals surface area contributed by atoms with Crippen LogP contribution in [0.15, 0.2) is 48.0 Å². The maximum atomic E-state index is 12.2. The van der Waals surface area contributed by atoms with Crippen LogP contribution < -0.4 is 5.43 Å².